The fraction of sp³-hybridized carbons (Fsp3) is 0.0370. The largest absolute Gasteiger partial charge is 0.248 e. The van der Waals surface area contributed by atoms with Crippen LogP contribution in [0.1, 0.15) is 22.3 Å². The lowest BCUT2D eigenvalue weighted by Gasteiger charge is -2.16. The Kier molecular flexibility index (Phi) is 7.50. The lowest BCUT2D eigenvalue weighted by Crippen LogP contribution is -1.94. The molecule has 0 N–H and O–H groups in total. The summed E-state index contributed by atoms with van der Waals surface area (Å²) >= 11 is 0. The van der Waals surface area contributed by atoms with E-state index in [1.807, 2.05) is 0 Å². The van der Waals surface area contributed by atoms with Crippen LogP contribution in [0, 0.1) is 6.92 Å². The Morgan fingerprint density at radius 1 is 0.429 bits per heavy atom. The molecule has 0 fully saturated rings. The number of hydrogen-bond donors (Lipinski definition) is 0. The maximum absolute atomic E-state index is 5.32. The molecule has 1 aliphatic rings. The molecule has 10 aromatic rings. The Hall–Kier alpha value is -7.16. The predicted octanol–water partition coefficient (Wildman–Crippen LogP) is 14.1. The van der Waals surface area contributed by atoms with Gasteiger partial charge in [-0.15, -0.1) is 0 Å². The molecule has 0 radical (unpaired) electrons. The van der Waals surface area contributed by atoms with Crippen molar-refractivity contribution in [2.75, 3.05) is 0 Å². The third kappa shape index (κ3) is 5.33. The normalized spacial score (nSPS) is 12.4. The highest BCUT2D eigenvalue weighted by Crippen LogP contribution is 2.43. The third-order valence-corrected chi connectivity index (χ3v) is 11.7. The molecular formula is C54H36N2. The van der Waals surface area contributed by atoms with Gasteiger partial charge in [-0.25, -0.2) is 9.97 Å². The van der Waals surface area contributed by atoms with E-state index in [9.17, 15) is 0 Å². The van der Waals surface area contributed by atoms with E-state index in [-0.39, 0.29) is 0 Å². The Labute approximate surface area is 326 Å². The molecule has 0 amide bonds. The number of pyridine rings is 2. The van der Waals surface area contributed by atoms with Crippen LogP contribution in [0.15, 0.2) is 188 Å². The van der Waals surface area contributed by atoms with Crippen molar-refractivity contribution in [2.24, 2.45) is 0 Å². The summed E-state index contributed by atoms with van der Waals surface area (Å²) in [4.78, 5) is 10.5. The zero-order valence-electron chi connectivity index (χ0n) is 31.0. The van der Waals surface area contributed by atoms with Gasteiger partial charge >= 0.3 is 0 Å². The molecule has 11 rings (SSSR count). The van der Waals surface area contributed by atoms with E-state index >= 15 is 0 Å². The van der Waals surface area contributed by atoms with E-state index in [0.717, 1.165) is 50.7 Å². The molecule has 0 saturated carbocycles. The lowest BCUT2D eigenvalue weighted by molar-refractivity contribution is 1.29. The number of rotatable bonds is 4. The fourth-order valence-corrected chi connectivity index (χ4v) is 8.88. The first-order valence-electron chi connectivity index (χ1n) is 19.4. The summed E-state index contributed by atoms with van der Waals surface area (Å²) in [6.07, 6.45) is 3.28. The number of benzene rings is 8. The summed E-state index contributed by atoms with van der Waals surface area (Å²) < 4.78 is 0. The second kappa shape index (κ2) is 13.0. The zero-order valence-corrected chi connectivity index (χ0v) is 31.0. The minimum Gasteiger partial charge on any atom is -0.248 e. The summed E-state index contributed by atoms with van der Waals surface area (Å²) in [5, 5.41) is 7.20. The van der Waals surface area contributed by atoms with Crippen LogP contribution in [-0.4, -0.2) is 9.97 Å². The molecule has 0 spiro atoms. The minimum atomic E-state index is 0.881. The number of aromatic nitrogens is 2. The minimum absolute atomic E-state index is 0.881. The van der Waals surface area contributed by atoms with Gasteiger partial charge in [-0.2, -0.15) is 0 Å². The zero-order chi connectivity index (χ0) is 37.2. The molecule has 2 heterocycles. The quantitative estimate of drug-likeness (QED) is 0.170. The number of aryl methyl sites for hydroxylation is 1. The fourth-order valence-electron chi connectivity index (χ4n) is 8.88. The van der Waals surface area contributed by atoms with Crippen molar-refractivity contribution in [3.05, 3.63) is 210 Å². The van der Waals surface area contributed by atoms with E-state index < -0.39 is 0 Å². The van der Waals surface area contributed by atoms with Crippen molar-refractivity contribution in [3.63, 3.8) is 0 Å². The lowest BCUT2D eigenvalue weighted by atomic mass is 9.87. The maximum Gasteiger partial charge on any atom is 0.0790 e. The van der Waals surface area contributed by atoms with E-state index in [4.69, 9.17) is 9.97 Å². The molecule has 0 saturated heterocycles. The van der Waals surface area contributed by atoms with Gasteiger partial charge in [0, 0.05) is 27.3 Å². The van der Waals surface area contributed by atoms with Crippen LogP contribution in [-0.2, 0) is 6.42 Å². The molecule has 2 nitrogen and oxygen atoms in total. The molecule has 8 aromatic carbocycles. The van der Waals surface area contributed by atoms with Crippen molar-refractivity contribution >= 4 is 48.9 Å². The van der Waals surface area contributed by atoms with E-state index in [1.54, 1.807) is 0 Å². The predicted molar refractivity (Wildman–Crippen MR) is 236 cm³/mol. The van der Waals surface area contributed by atoms with Gasteiger partial charge in [-0.1, -0.05) is 158 Å². The number of nitrogens with zero attached hydrogens (tertiary/aromatic N) is 2. The van der Waals surface area contributed by atoms with Gasteiger partial charge in [0.05, 0.1) is 22.4 Å². The van der Waals surface area contributed by atoms with Crippen LogP contribution >= 0.6 is 0 Å². The average Bonchev–Trinajstić information content (AvgIpc) is 3.43. The molecule has 56 heavy (non-hydrogen) atoms. The van der Waals surface area contributed by atoms with Crippen molar-refractivity contribution in [3.8, 4) is 44.8 Å². The Morgan fingerprint density at radius 3 is 2.04 bits per heavy atom. The van der Waals surface area contributed by atoms with Gasteiger partial charge in [0.2, 0.25) is 0 Å². The number of fused-ring (bicyclic) bond motifs is 9. The first-order valence-corrected chi connectivity index (χ1v) is 19.4. The van der Waals surface area contributed by atoms with E-state index in [1.165, 1.54) is 71.6 Å². The van der Waals surface area contributed by atoms with Crippen LogP contribution in [0.3, 0.4) is 0 Å². The van der Waals surface area contributed by atoms with Gasteiger partial charge in [-0.05, 0) is 110 Å². The summed E-state index contributed by atoms with van der Waals surface area (Å²) in [6.45, 7) is 2.22. The third-order valence-electron chi connectivity index (χ3n) is 11.7. The van der Waals surface area contributed by atoms with E-state index in [0.29, 0.717) is 0 Å². The average molecular weight is 713 g/mol. The van der Waals surface area contributed by atoms with Crippen LogP contribution < -0.4 is 0 Å². The molecule has 0 aliphatic heterocycles. The monoisotopic (exact) mass is 712 g/mol. The number of hydrogen-bond acceptors (Lipinski definition) is 2. The maximum atomic E-state index is 5.32. The Morgan fingerprint density at radius 2 is 1.11 bits per heavy atom. The summed E-state index contributed by atoms with van der Waals surface area (Å²) in [5.74, 6) is 0. The standard InChI is InChI=1S/C54H36N2/c1-34-44(35-10-3-2-4-11-35)26-22-38-18-19-39-23-29-51(56-54(39)52(34)38)43-25-31-50-42(33-43)24-30-49(55-50)41-15-9-14-40(32-41)45-27-20-36-12-5-7-16-46(36)53-47-17-8-6-13-37(47)21-28-48(45)53/h2-19,21-33H,20H2,1H3. The van der Waals surface area contributed by atoms with Crippen molar-refractivity contribution in [1.82, 2.24) is 9.97 Å². The van der Waals surface area contributed by atoms with Gasteiger partial charge in [0.25, 0.3) is 0 Å². The highest BCUT2D eigenvalue weighted by atomic mass is 14.7. The van der Waals surface area contributed by atoms with Crippen LogP contribution in [0.25, 0.3) is 93.7 Å². The molecule has 262 valence electrons. The smallest absolute Gasteiger partial charge is 0.0790 e. The van der Waals surface area contributed by atoms with E-state index in [2.05, 4.69) is 195 Å². The summed E-state index contributed by atoms with van der Waals surface area (Å²) in [5.41, 5.74) is 17.5. The second-order valence-corrected chi connectivity index (χ2v) is 14.9. The summed E-state index contributed by atoms with van der Waals surface area (Å²) in [7, 11) is 0. The molecule has 0 bridgehead atoms. The molecule has 2 heteroatoms. The highest BCUT2D eigenvalue weighted by Gasteiger charge is 2.20. The molecule has 0 unspecified atom stereocenters. The second-order valence-electron chi connectivity index (χ2n) is 14.9. The van der Waals surface area contributed by atoms with Gasteiger partial charge < -0.3 is 0 Å². The van der Waals surface area contributed by atoms with Crippen molar-refractivity contribution < 1.29 is 0 Å². The van der Waals surface area contributed by atoms with Crippen LogP contribution in [0.4, 0.5) is 0 Å². The first-order chi connectivity index (χ1) is 27.7. The van der Waals surface area contributed by atoms with Crippen LogP contribution in [0.2, 0.25) is 0 Å². The molecule has 2 aromatic heterocycles. The van der Waals surface area contributed by atoms with Crippen LogP contribution in [0.5, 0.6) is 0 Å². The summed E-state index contributed by atoms with van der Waals surface area (Å²) in [6, 6.07) is 65.7. The van der Waals surface area contributed by atoms with Gasteiger partial charge in [-0.3, -0.25) is 0 Å². The Balaban J connectivity index is 0.962. The molecular weight excluding hydrogens is 677 g/mol. The molecule has 0 atom stereocenters. The topological polar surface area (TPSA) is 25.8 Å². The van der Waals surface area contributed by atoms with Gasteiger partial charge in [0.15, 0.2) is 0 Å². The highest BCUT2D eigenvalue weighted by molar-refractivity contribution is 6.10. The Bertz CT molecular complexity index is 3230. The van der Waals surface area contributed by atoms with Gasteiger partial charge in [0.1, 0.15) is 0 Å². The van der Waals surface area contributed by atoms with Crippen molar-refractivity contribution in [1.29, 1.82) is 0 Å². The molecule has 1 aliphatic carbocycles. The number of allylic oxidation sites excluding steroid dienone is 1. The van der Waals surface area contributed by atoms with Crippen molar-refractivity contribution in [2.45, 2.75) is 13.3 Å². The SMILES string of the molecule is Cc1c(-c2ccccc2)ccc2ccc3ccc(-c4ccc5nc(-c6cccc(C7=CCc8ccccc8-c8c7ccc7ccccc87)c6)ccc5c4)nc3c12. The first kappa shape index (κ1) is 32.3.